The molecule has 0 unspecified atom stereocenters. The monoisotopic (exact) mass is 842 g/mol. The Morgan fingerprint density at radius 2 is 1.05 bits per heavy atom. The van der Waals surface area contributed by atoms with Gasteiger partial charge in [0.05, 0.1) is 55.7 Å². The Morgan fingerprint density at radius 1 is 0.695 bits per heavy atom. The number of carboxylic acid groups (broad SMARTS) is 1. The standard InChI is InChI=1S/C23H32N2O3.C22H30N2O3.2CH4.K.H2O/c1-15(17-9-11-18(12-10-17)24-23(3)13-28-14-23)25-16(2)21(22(26)27-4)19-7-5-6-8-20(19)25;1-14(16-8-10-17(11-9-16)23-22(3)12-27-13-22)24-15(2)20(21(25)26)18-6-4-5-7-19(18)24;;;;/h5-8,15,17-18,24H,9-14H2,1-4H3;4-7,14,16-17,23H,8-13H2,1-3H3,(H,25,26);2*1H4;;1H2/q;;;;+1;/p-1/t15-,17?,18?;14-,16?,17?;;;;/m11..../s1. The van der Waals surface area contributed by atoms with Crippen LogP contribution in [0.1, 0.15) is 138 Å². The Hall–Kier alpha value is -2.10. The first kappa shape index (κ1) is 51.2. The maximum absolute atomic E-state index is 12.4. The molecule has 2 aliphatic heterocycles. The van der Waals surface area contributed by atoms with Crippen molar-refractivity contribution in [3.63, 3.8) is 0 Å². The SMILES string of the molecule is C.C.COC(=O)c1c(C)n([C@H](C)C2CCC(NC3(C)COC3)CC2)c2ccccc12.Cc1c(C(=O)O)c2ccccc2n1[C@H](C)C1CCC(NC2(C)COC2)CC1.[K+].[OH-]. The van der Waals surface area contributed by atoms with Gasteiger partial charge in [-0.1, -0.05) is 51.3 Å². The number of methoxy groups -OCH3 is 1. The number of carbonyl (C=O) groups is 2. The number of ether oxygens (including phenoxy) is 3. The van der Waals surface area contributed by atoms with Crippen LogP contribution in [0.25, 0.3) is 21.8 Å². The first-order valence-electron chi connectivity index (χ1n) is 20.5. The minimum Gasteiger partial charge on any atom is -0.870 e. The van der Waals surface area contributed by atoms with Gasteiger partial charge in [-0.05, 0) is 117 Å². The average molecular weight is 843 g/mol. The summed E-state index contributed by atoms with van der Waals surface area (Å²) in [5.74, 6) is 0.107. The number of benzene rings is 2. The molecule has 2 atom stereocenters. The van der Waals surface area contributed by atoms with Crippen molar-refractivity contribution in [1.29, 1.82) is 0 Å². The third kappa shape index (κ3) is 10.6. The summed E-state index contributed by atoms with van der Waals surface area (Å²) in [6, 6.07) is 17.9. The Kier molecular flexibility index (Phi) is 18.5. The third-order valence-electron chi connectivity index (χ3n) is 13.4. The van der Waals surface area contributed by atoms with E-state index < -0.39 is 5.97 Å². The van der Waals surface area contributed by atoms with Gasteiger partial charge in [0, 0.05) is 57.4 Å². The van der Waals surface area contributed by atoms with Crippen LogP contribution in [0.3, 0.4) is 0 Å². The van der Waals surface area contributed by atoms with Crippen molar-refractivity contribution >= 4 is 33.7 Å². The number of nitrogens with one attached hydrogen (secondary N) is 2. The molecule has 0 amide bonds. The van der Waals surface area contributed by atoms with Gasteiger partial charge in [0.2, 0.25) is 0 Å². The predicted molar refractivity (Wildman–Crippen MR) is 233 cm³/mol. The molecule has 4 N–H and O–H groups in total. The van der Waals surface area contributed by atoms with E-state index in [-0.39, 0.29) is 88.8 Å². The van der Waals surface area contributed by atoms with E-state index in [2.05, 4.69) is 59.6 Å². The molecule has 0 bridgehead atoms. The third-order valence-corrected chi connectivity index (χ3v) is 13.4. The molecule has 4 aromatic rings. The van der Waals surface area contributed by atoms with Gasteiger partial charge in [0.1, 0.15) is 0 Å². The number of carbonyl (C=O) groups excluding carboxylic acids is 1. The number of nitrogens with zero attached hydrogens (tertiary/aromatic N) is 2. The molecule has 322 valence electrons. The summed E-state index contributed by atoms with van der Waals surface area (Å²) in [6.45, 7) is 16.3. The fourth-order valence-electron chi connectivity index (χ4n) is 10.3. The van der Waals surface area contributed by atoms with Gasteiger partial charge in [-0.3, -0.25) is 0 Å². The summed E-state index contributed by atoms with van der Waals surface area (Å²) in [4.78, 5) is 24.2. The van der Waals surface area contributed by atoms with Crippen molar-refractivity contribution in [3.05, 3.63) is 71.0 Å². The van der Waals surface area contributed by atoms with E-state index >= 15 is 0 Å². The molecule has 4 aliphatic rings. The normalized spacial score (nSPS) is 23.8. The van der Waals surface area contributed by atoms with E-state index in [0.29, 0.717) is 47.1 Å². The summed E-state index contributed by atoms with van der Waals surface area (Å²) >= 11 is 0. The number of para-hydroxylation sites is 2. The second-order valence-corrected chi connectivity index (χ2v) is 17.6. The predicted octanol–water partition coefficient (Wildman–Crippen LogP) is 6.48. The van der Waals surface area contributed by atoms with Crippen LogP contribution in [0.4, 0.5) is 0 Å². The van der Waals surface area contributed by atoms with Crippen LogP contribution in [0.2, 0.25) is 0 Å². The fraction of sp³-hybridized carbons (Fsp3) is 0.617. The van der Waals surface area contributed by atoms with E-state index in [1.807, 2.05) is 50.2 Å². The summed E-state index contributed by atoms with van der Waals surface area (Å²) in [5.41, 5.74) is 5.55. The molecule has 0 radical (unpaired) electrons. The van der Waals surface area contributed by atoms with Gasteiger partial charge in [0.25, 0.3) is 0 Å². The number of aromatic carboxylic acids is 1. The van der Waals surface area contributed by atoms with Crippen molar-refractivity contribution in [1.82, 2.24) is 19.8 Å². The van der Waals surface area contributed by atoms with Crippen LogP contribution < -0.4 is 62.0 Å². The zero-order valence-electron chi connectivity index (χ0n) is 35.4. The van der Waals surface area contributed by atoms with Crippen LogP contribution in [0, 0.1) is 25.7 Å². The van der Waals surface area contributed by atoms with E-state index in [0.717, 1.165) is 59.6 Å². The molecule has 2 aromatic carbocycles. The molecule has 4 heterocycles. The minimum atomic E-state index is -0.835. The topological polar surface area (TPSA) is 146 Å². The van der Waals surface area contributed by atoms with Gasteiger partial charge in [-0.15, -0.1) is 0 Å². The van der Waals surface area contributed by atoms with E-state index in [4.69, 9.17) is 14.2 Å². The second kappa shape index (κ2) is 21.3. The quantitative estimate of drug-likeness (QED) is 0.121. The molecule has 59 heavy (non-hydrogen) atoms. The van der Waals surface area contributed by atoms with Crippen LogP contribution in [0.5, 0.6) is 0 Å². The second-order valence-electron chi connectivity index (χ2n) is 17.6. The largest absolute Gasteiger partial charge is 1.00 e. The molecule has 0 spiro atoms. The van der Waals surface area contributed by atoms with E-state index in [1.54, 1.807) is 0 Å². The molecular weight excluding hydrogens is 772 g/mol. The van der Waals surface area contributed by atoms with Crippen molar-refractivity contribution < 1.29 is 85.8 Å². The number of hydrogen-bond donors (Lipinski definition) is 3. The molecule has 2 saturated heterocycles. The Labute approximate surface area is 395 Å². The van der Waals surface area contributed by atoms with Crippen molar-refractivity contribution in [2.75, 3.05) is 33.5 Å². The number of aromatic nitrogens is 2. The van der Waals surface area contributed by atoms with Crippen molar-refractivity contribution in [2.24, 2.45) is 11.8 Å². The van der Waals surface area contributed by atoms with Crippen molar-refractivity contribution in [3.8, 4) is 0 Å². The Balaban J connectivity index is 0.000000295. The van der Waals surface area contributed by atoms with Gasteiger partial charge < -0.3 is 44.6 Å². The molecular formula is C47H71KN4O7. The van der Waals surface area contributed by atoms with Gasteiger partial charge in [-0.2, -0.15) is 0 Å². The van der Waals surface area contributed by atoms with Crippen molar-refractivity contribution in [2.45, 2.75) is 143 Å². The maximum atomic E-state index is 12.4. The number of hydrogen-bond acceptors (Lipinski definition) is 8. The van der Waals surface area contributed by atoms with Gasteiger partial charge >= 0.3 is 63.3 Å². The van der Waals surface area contributed by atoms with E-state index in [1.165, 1.54) is 58.5 Å². The molecule has 2 saturated carbocycles. The van der Waals surface area contributed by atoms with Gasteiger partial charge in [-0.25, -0.2) is 9.59 Å². The van der Waals surface area contributed by atoms with Crippen LogP contribution in [-0.4, -0.2) is 88.4 Å². The average Bonchev–Trinajstić information content (AvgIpc) is 3.63. The Morgan fingerprint density at radius 3 is 1.39 bits per heavy atom. The molecule has 11 nitrogen and oxygen atoms in total. The molecule has 8 rings (SSSR count). The fourth-order valence-corrected chi connectivity index (χ4v) is 10.3. The smallest absolute Gasteiger partial charge is 0.870 e. The number of rotatable bonds is 10. The molecule has 12 heteroatoms. The van der Waals surface area contributed by atoms with Gasteiger partial charge in [0.15, 0.2) is 0 Å². The summed E-state index contributed by atoms with van der Waals surface area (Å²) in [6.07, 6.45) is 9.50. The summed E-state index contributed by atoms with van der Waals surface area (Å²) < 4.78 is 20.4. The summed E-state index contributed by atoms with van der Waals surface area (Å²) in [7, 11) is 1.46. The number of esters is 1. The first-order chi connectivity index (χ1) is 26.3. The zero-order chi connectivity index (χ0) is 39.1. The molecule has 2 aliphatic carbocycles. The zero-order valence-corrected chi connectivity index (χ0v) is 38.5. The first-order valence-corrected chi connectivity index (χ1v) is 20.5. The van der Waals surface area contributed by atoms with Crippen LogP contribution >= 0.6 is 0 Å². The van der Waals surface area contributed by atoms with Crippen LogP contribution in [0.15, 0.2) is 48.5 Å². The molecule has 2 aromatic heterocycles. The van der Waals surface area contributed by atoms with Crippen LogP contribution in [-0.2, 0) is 14.2 Å². The molecule has 4 fully saturated rings. The van der Waals surface area contributed by atoms with E-state index in [9.17, 15) is 14.7 Å². The Bertz CT molecular complexity index is 2000. The summed E-state index contributed by atoms with van der Waals surface area (Å²) in [5, 5.41) is 19.1. The number of carboxylic acids is 1. The number of fused-ring (bicyclic) bond motifs is 2. The minimum absolute atomic E-state index is 0. The maximum Gasteiger partial charge on any atom is 1.00 e.